The van der Waals surface area contributed by atoms with Crippen molar-refractivity contribution >= 4 is 23.4 Å². The lowest BCUT2D eigenvalue weighted by molar-refractivity contribution is -0.119. The van der Waals surface area contributed by atoms with E-state index >= 15 is 0 Å². The monoisotopic (exact) mass is 304 g/mol. The molecular formula is C17H24N2OS. The third-order valence-corrected chi connectivity index (χ3v) is 5.53. The quantitative estimate of drug-likeness (QED) is 0.837. The molecule has 1 heterocycles. The Labute approximate surface area is 131 Å². The van der Waals surface area contributed by atoms with Crippen LogP contribution < -0.4 is 10.6 Å². The van der Waals surface area contributed by atoms with Crippen molar-refractivity contribution in [2.24, 2.45) is 5.92 Å². The number of carbonyl (C=O) groups is 1. The van der Waals surface area contributed by atoms with Crippen LogP contribution in [-0.2, 0) is 4.79 Å². The molecule has 114 valence electrons. The van der Waals surface area contributed by atoms with Crippen LogP contribution in [0.15, 0.2) is 29.2 Å². The molecule has 1 aliphatic carbocycles. The van der Waals surface area contributed by atoms with Crippen LogP contribution in [0.3, 0.4) is 0 Å². The van der Waals surface area contributed by atoms with Gasteiger partial charge in [0, 0.05) is 16.6 Å². The van der Waals surface area contributed by atoms with E-state index < -0.39 is 0 Å². The molecule has 3 nitrogen and oxygen atoms in total. The number of piperidine rings is 1. The maximum Gasteiger partial charge on any atom is 0.241 e. The minimum absolute atomic E-state index is 0.0257. The third-order valence-electron chi connectivity index (χ3n) is 4.80. The number of fused-ring (bicyclic) bond motifs is 1. The Hall–Kier alpha value is -1.00. The number of thioether (sulfide) groups is 1. The fourth-order valence-electron chi connectivity index (χ4n) is 3.63. The van der Waals surface area contributed by atoms with Gasteiger partial charge in [-0.15, -0.1) is 11.8 Å². The van der Waals surface area contributed by atoms with E-state index in [0.717, 1.165) is 18.0 Å². The highest BCUT2D eigenvalue weighted by molar-refractivity contribution is 7.98. The Morgan fingerprint density at radius 3 is 2.95 bits per heavy atom. The molecule has 4 heteroatoms. The van der Waals surface area contributed by atoms with Crippen molar-refractivity contribution < 1.29 is 4.79 Å². The summed E-state index contributed by atoms with van der Waals surface area (Å²) in [6.45, 7) is 0. The Bertz CT molecular complexity index is 505. The molecular weight excluding hydrogens is 280 g/mol. The number of benzene rings is 1. The van der Waals surface area contributed by atoms with Gasteiger partial charge in [0.2, 0.25) is 5.91 Å². The summed E-state index contributed by atoms with van der Waals surface area (Å²) in [5, 5.41) is 6.65. The first-order valence-corrected chi connectivity index (χ1v) is 9.19. The third kappa shape index (κ3) is 3.61. The molecule has 2 N–H and O–H groups in total. The number of amides is 1. The lowest BCUT2D eigenvalue weighted by Gasteiger charge is -2.39. The van der Waals surface area contributed by atoms with Gasteiger partial charge in [0.15, 0.2) is 0 Å². The van der Waals surface area contributed by atoms with E-state index in [1.165, 1.54) is 37.0 Å². The second-order valence-corrected chi connectivity index (χ2v) is 7.05. The van der Waals surface area contributed by atoms with E-state index in [1.807, 2.05) is 24.5 Å². The Kier molecular flexibility index (Phi) is 4.86. The average Bonchev–Trinajstić information content (AvgIpc) is 2.54. The second kappa shape index (κ2) is 6.84. The highest BCUT2D eigenvalue weighted by Gasteiger charge is 2.34. The molecule has 21 heavy (non-hydrogen) atoms. The van der Waals surface area contributed by atoms with Crippen molar-refractivity contribution in [3.05, 3.63) is 24.3 Å². The fraction of sp³-hybridized carbons (Fsp3) is 0.588. The summed E-state index contributed by atoms with van der Waals surface area (Å²) in [6.07, 6.45) is 9.44. The van der Waals surface area contributed by atoms with Crippen LogP contribution >= 0.6 is 11.8 Å². The number of rotatable bonds is 3. The molecule has 3 atom stereocenters. The SMILES string of the molecule is CSc1cccc(NC(=O)C2CCC3CCCCC3N2)c1. The van der Waals surface area contributed by atoms with E-state index in [4.69, 9.17) is 0 Å². The predicted molar refractivity (Wildman–Crippen MR) is 88.8 cm³/mol. The van der Waals surface area contributed by atoms with Crippen molar-refractivity contribution in [3.8, 4) is 0 Å². The summed E-state index contributed by atoms with van der Waals surface area (Å²) in [4.78, 5) is 13.6. The molecule has 1 amide bonds. The zero-order valence-electron chi connectivity index (χ0n) is 12.6. The maximum atomic E-state index is 12.5. The van der Waals surface area contributed by atoms with E-state index in [2.05, 4.69) is 16.7 Å². The number of nitrogens with one attached hydrogen (secondary N) is 2. The van der Waals surface area contributed by atoms with Crippen LogP contribution in [0.4, 0.5) is 5.69 Å². The smallest absolute Gasteiger partial charge is 0.241 e. The molecule has 1 aromatic carbocycles. The molecule has 1 saturated heterocycles. The molecule has 2 aliphatic rings. The average molecular weight is 304 g/mol. The predicted octanol–water partition coefficient (Wildman–Crippen LogP) is 3.66. The van der Waals surface area contributed by atoms with Gasteiger partial charge in [-0.1, -0.05) is 18.9 Å². The van der Waals surface area contributed by atoms with Crippen LogP contribution in [0.2, 0.25) is 0 Å². The molecule has 3 unspecified atom stereocenters. The molecule has 0 aromatic heterocycles. The minimum atomic E-state index is -0.0257. The largest absolute Gasteiger partial charge is 0.325 e. The molecule has 0 radical (unpaired) electrons. The van der Waals surface area contributed by atoms with E-state index in [1.54, 1.807) is 11.8 Å². The molecule has 2 fully saturated rings. The molecule has 1 saturated carbocycles. The first-order valence-electron chi connectivity index (χ1n) is 7.97. The minimum Gasteiger partial charge on any atom is -0.325 e. The van der Waals surface area contributed by atoms with Crippen LogP contribution in [-0.4, -0.2) is 24.2 Å². The summed E-state index contributed by atoms with van der Waals surface area (Å²) in [5.74, 6) is 0.917. The van der Waals surface area contributed by atoms with E-state index in [-0.39, 0.29) is 11.9 Å². The second-order valence-electron chi connectivity index (χ2n) is 6.17. The van der Waals surface area contributed by atoms with Crippen molar-refractivity contribution in [1.29, 1.82) is 0 Å². The number of carbonyl (C=O) groups excluding carboxylic acids is 1. The van der Waals surface area contributed by atoms with E-state index in [9.17, 15) is 4.79 Å². The number of hydrogen-bond acceptors (Lipinski definition) is 3. The molecule has 1 aromatic rings. The van der Waals surface area contributed by atoms with Gasteiger partial charge >= 0.3 is 0 Å². The lowest BCUT2D eigenvalue weighted by Crippen LogP contribution is -2.53. The van der Waals surface area contributed by atoms with Crippen LogP contribution in [0.5, 0.6) is 0 Å². The van der Waals surface area contributed by atoms with Crippen molar-refractivity contribution in [2.45, 2.75) is 55.5 Å². The van der Waals surface area contributed by atoms with Gasteiger partial charge in [-0.05, 0) is 56.1 Å². The zero-order chi connectivity index (χ0) is 14.7. The first-order chi connectivity index (χ1) is 10.3. The highest BCUT2D eigenvalue weighted by atomic mass is 32.2. The number of anilines is 1. The summed E-state index contributed by atoms with van der Waals surface area (Å²) in [5.41, 5.74) is 0.902. The van der Waals surface area contributed by atoms with Gasteiger partial charge in [0.1, 0.15) is 0 Å². The summed E-state index contributed by atoms with van der Waals surface area (Å²) < 4.78 is 0. The maximum absolute atomic E-state index is 12.5. The molecule has 0 spiro atoms. The topological polar surface area (TPSA) is 41.1 Å². The van der Waals surface area contributed by atoms with Gasteiger partial charge in [0.05, 0.1) is 6.04 Å². The summed E-state index contributed by atoms with van der Waals surface area (Å²) in [7, 11) is 0. The van der Waals surface area contributed by atoms with Gasteiger partial charge in [-0.2, -0.15) is 0 Å². The standard InChI is InChI=1S/C17H24N2OS/c1-21-14-7-4-6-13(11-14)18-17(20)16-10-9-12-5-2-3-8-15(12)19-16/h4,6-7,11-12,15-16,19H,2-3,5,8-10H2,1H3,(H,18,20). The van der Waals surface area contributed by atoms with Gasteiger partial charge in [0.25, 0.3) is 0 Å². The van der Waals surface area contributed by atoms with E-state index in [0.29, 0.717) is 6.04 Å². The van der Waals surface area contributed by atoms with Gasteiger partial charge < -0.3 is 10.6 Å². The fourth-order valence-corrected chi connectivity index (χ4v) is 4.09. The number of hydrogen-bond donors (Lipinski definition) is 2. The molecule has 3 rings (SSSR count). The summed E-state index contributed by atoms with van der Waals surface area (Å²) in [6, 6.07) is 8.58. The van der Waals surface area contributed by atoms with Gasteiger partial charge in [-0.3, -0.25) is 4.79 Å². The highest BCUT2D eigenvalue weighted by Crippen LogP contribution is 2.32. The van der Waals surface area contributed by atoms with Crippen molar-refractivity contribution in [3.63, 3.8) is 0 Å². The lowest BCUT2D eigenvalue weighted by atomic mass is 9.77. The Morgan fingerprint density at radius 1 is 1.24 bits per heavy atom. The normalized spacial score (nSPS) is 28.7. The molecule has 1 aliphatic heterocycles. The molecule has 0 bridgehead atoms. The van der Waals surface area contributed by atoms with Crippen molar-refractivity contribution in [2.75, 3.05) is 11.6 Å². The first kappa shape index (κ1) is 14.9. The zero-order valence-corrected chi connectivity index (χ0v) is 13.4. The summed E-state index contributed by atoms with van der Waals surface area (Å²) >= 11 is 1.69. The Morgan fingerprint density at radius 2 is 2.10 bits per heavy atom. The van der Waals surface area contributed by atoms with Crippen LogP contribution in [0.1, 0.15) is 38.5 Å². The van der Waals surface area contributed by atoms with Crippen LogP contribution in [0, 0.1) is 5.92 Å². The van der Waals surface area contributed by atoms with Gasteiger partial charge in [-0.25, -0.2) is 0 Å². The van der Waals surface area contributed by atoms with Crippen molar-refractivity contribution in [1.82, 2.24) is 5.32 Å². The Balaban J connectivity index is 1.60. The van der Waals surface area contributed by atoms with Crippen LogP contribution in [0.25, 0.3) is 0 Å².